The van der Waals surface area contributed by atoms with Gasteiger partial charge in [0.25, 0.3) is 18.5 Å². The molecule has 2 aliphatic rings. The summed E-state index contributed by atoms with van der Waals surface area (Å²) in [6, 6.07) is 9.01. The number of rotatable bonds is 4. The van der Waals surface area contributed by atoms with Crippen molar-refractivity contribution in [1.82, 2.24) is 14.8 Å². The van der Waals surface area contributed by atoms with E-state index >= 15 is 0 Å². The number of halogens is 1. The molecule has 1 aromatic carbocycles. The fourth-order valence-corrected chi connectivity index (χ4v) is 5.24. The second-order valence-electron chi connectivity index (χ2n) is 8.72. The SMILES string of the molecule is CN(C)C1C[C@@H]2CC(N(C)Cc3cc4ccc(Cl)cc4[nH]c3=O)C[C@@H]2C1.O=CO.O=CO. The molecule has 0 aliphatic heterocycles. The van der Waals surface area contributed by atoms with Crippen LogP contribution in [0.3, 0.4) is 0 Å². The Morgan fingerprint density at radius 3 is 2.06 bits per heavy atom. The van der Waals surface area contributed by atoms with E-state index in [0.29, 0.717) is 17.6 Å². The molecule has 4 atom stereocenters. The monoisotopic (exact) mass is 465 g/mol. The quantitative estimate of drug-likeness (QED) is 0.594. The lowest BCUT2D eigenvalue weighted by molar-refractivity contribution is -0.123. The smallest absolute Gasteiger partial charge is 0.290 e. The average molecular weight is 466 g/mol. The highest BCUT2D eigenvalue weighted by molar-refractivity contribution is 6.31. The number of nitrogens with one attached hydrogen (secondary N) is 1. The van der Waals surface area contributed by atoms with Gasteiger partial charge in [0.05, 0.1) is 0 Å². The van der Waals surface area contributed by atoms with Crippen molar-refractivity contribution in [3.05, 3.63) is 45.2 Å². The molecule has 1 heterocycles. The maximum Gasteiger partial charge on any atom is 0.290 e. The lowest BCUT2D eigenvalue weighted by Crippen LogP contribution is -2.33. The molecule has 3 N–H and O–H groups in total. The van der Waals surface area contributed by atoms with E-state index in [4.69, 9.17) is 31.4 Å². The van der Waals surface area contributed by atoms with Crippen LogP contribution in [0.2, 0.25) is 5.02 Å². The molecule has 2 aromatic rings. The fourth-order valence-electron chi connectivity index (χ4n) is 5.07. The van der Waals surface area contributed by atoms with Crippen molar-refractivity contribution in [3.63, 3.8) is 0 Å². The predicted octanol–water partition coefficient (Wildman–Crippen LogP) is 3.13. The van der Waals surface area contributed by atoms with Crippen LogP contribution < -0.4 is 5.56 Å². The Bertz CT molecular complexity index is 944. The van der Waals surface area contributed by atoms with Crippen LogP contribution >= 0.6 is 11.6 Å². The van der Waals surface area contributed by atoms with E-state index in [9.17, 15) is 4.79 Å². The van der Waals surface area contributed by atoms with Gasteiger partial charge in [-0.05, 0) is 82.2 Å². The number of hydrogen-bond acceptors (Lipinski definition) is 5. The third kappa shape index (κ3) is 6.54. The fraction of sp³-hybridized carbons (Fsp3) is 0.522. The van der Waals surface area contributed by atoms with Gasteiger partial charge < -0.3 is 20.1 Å². The summed E-state index contributed by atoms with van der Waals surface area (Å²) in [5, 5.41) is 15.5. The third-order valence-corrected chi connectivity index (χ3v) is 6.86. The highest BCUT2D eigenvalue weighted by atomic mass is 35.5. The van der Waals surface area contributed by atoms with Crippen molar-refractivity contribution in [1.29, 1.82) is 0 Å². The second kappa shape index (κ2) is 12.0. The Kier molecular flexibility index (Phi) is 9.68. The molecule has 0 bridgehead atoms. The normalized spacial score (nSPS) is 23.8. The topological polar surface area (TPSA) is 114 Å². The zero-order valence-electron chi connectivity index (χ0n) is 18.7. The van der Waals surface area contributed by atoms with E-state index in [1.54, 1.807) is 0 Å². The van der Waals surface area contributed by atoms with E-state index in [-0.39, 0.29) is 18.5 Å². The zero-order chi connectivity index (χ0) is 23.8. The van der Waals surface area contributed by atoms with Gasteiger partial charge in [-0.15, -0.1) is 0 Å². The lowest BCUT2D eigenvalue weighted by atomic mass is 10.0. The number of hydrogen-bond donors (Lipinski definition) is 3. The minimum Gasteiger partial charge on any atom is -0.483 e. The van der Waals surface area contributed by atoms with Gasteiger partial charge >= 0.3 is 0 Å². The molecule has 2 unspecified atom stereocenters. The van der Waals surface area contributed by atoms with Gasteiger partial charge in [-0.25, -0.2) is 0 Å². The number of pyridine rings is 1. The summed E-state index contributed by atoms with van der Waals surface area (Å²) in [4.78, 5) is 37.0. The number of benzene rings is 1. The minimum atomic E-state index is -0.250. The summed E-state index contributed by atoms with van der Waals surface area (Å²) in [7, 11) is 6.57. The summed E-state index contributed by atoms with van der Waals surface area (Å²) >= 11 is 6.02. The van der Waals surface area contributed by atoms with Crippen LogP contribution in [0.25, 0.3) is 10.9 Å². The second-order valence-corrected chi connectivity index (χ2v) is 9.15. The molecule has 8 nitrogen and oxygen atoms in total. The summed E-state index contributed by atoms with van der Waals surface area (Å²) in [6.45, 7) is 0.203. The Morgan fingerprint density at radius 2 is 1.53 bits per heavy atom. The molecular formula is C23H32ClN3O5. The third-order valence-electron chi connectivity index (χ3n) is 6.62. The van der Waals surface area contributed by atoms with Crippen LogP contribution in [0, 0.1) is 11.8 Å². The molecule has 0 radical (unpaired) electrons. The van der Waals surface area contributed by atoms with Crippen molar-refractivity contribution in [3.8, 4) is 0 Å². The van der Waals surface area contributed by atoms with Crippen LogP contribution in [-0.4, -0.2) is 71.2 Å². The van der Waals surface area contributed by atoms with E-state index in [0.717, 1.165) is 34.3 Å². The van der Waals surface area contributed by atoms with E-state index in [1.165, 1.54) is 25.7 Å². The number of nitrogens with zero attached hydrogens (tertiary/aromatic N) is 2. The first-order valence-corrected chi connectivity index (χ1v) is 11.0. The van der Waals surface area contributed by atoms with E-state index in [2.05, 4.69) is 35.9 Å². The van der Waals surface area contributed by atoms with Crippen LogP contribution in [0.1, 0.15) is 31.2 Å². The maximum absolute atomic E-state index is 12.5. The lowest BCUT2D eigenvalue weighted by Gasteiger charge is -2.26. The van der Waals surface area contributed by atoms with Crippen molar-refractivity contribution in [2.45, 2.75) is 44.3 Å². The van der Waals surface area contributed by atoms with Gasteiger partial charge in [0.2, 0.25) is 0 Å². The molecule has 176 valence electrons. The molecule has 4 rings (SSSR count). The largest absolute Gasteiger partial charge is 0.483 e. The zero-order valence-corrected chi connectivity index (χ0v) is 19.5. The Balaban J connectivity index is 0.000000547. The highest BCUT2D eigenvalue weighted by Gasteiger charge is 2.43. The van der Waals surface area contributed by atoms with Gasteiger partial charge in [0, 0.05) is 34.7 Å². The van der Waals surface area contributed by atoms with Crippen LogP contribution in [-0.2, 0) is 16.1 Å². The predicted molar refractivity (Wildman–Crippen MR) is 125 cm³/mol. The summed E-state index contributed by atoms with van der Waals surface area (Å²) < 4.78 is 0. The van der Waals surface area contributed by atoms with Crippen LogP contribution in [0.5, 0.6) is 0 Å². The first-order valence-electron chi connectivity index (χ1n) is 10.6. The van der Waals surface area contributed by atoms with Crippen molar-refractivity contribution in [2.75, 3.05) is 21.1 Å². The first-order chi connectivity index (χ1) is 15.2. The van der Waals surface area contributed by atoms with Gasteiger partial charge in [-0.2, -0.15) is 0 Å². The summed E-state index contributed by atoms with van der Waals surface area (Å²) in [5.41, 5.74) is 1.64. The molecule has 9 heteroatoms. The number of carboxylic acid groups (broad SMARTS) is 2. The van der Waals surface area contributed by atoms with E-state index in [1.807, 2.05) is 24.3 Å². The van der Waals surface area contributed by atoms with Gasteiger partial charge in [-0.3, -0.25) is 19.3 Å². The molecule has 1 aromatic heterocycles. The standard InChI is InChI=1S/C21H28ClN3O.2CH2O2/c1-24(2)18-7-14-9-19(10-15(14)8-18)25(3)12-16-6-13-4-5-17(22)11-20(13)23-21(16)26;2*2-1-3/h4-6,11,14-15,18-19H,7-10,12H2,1-3H3,(H,23,26);2*1H,(H,2,3)/t14-,15+,18?,19?;;. The number of carbonyl (C=O) groups is 2. The molecule has 2 fully saturated rings. The molecule has 0 saturated heterocycles. The Morgan fingerprint density at radius 1 is 1.00 bits per heavy atom. The van der Waals surface area contributed by atoms with Gasteiger partial charge in [0.15, 0.2) is 0 Å². The summed E-state index contributed by atoms with van der Waals surface area (Å²) in [6.07, 6.45) is 5.21. The van der Waals surface area contributed by atoms with Crippen molar-refractivity contribution < 1.29 is 19.8 Å². The molecule has 0 spiro atoms. The van der Waals surface area contributed by atoms with Crippen LogP contribution in [0.15, 0.2) is 29.1 Å². The number of aromatic nitrogens is 1. The van der Waals surface area contributed by atoms with E-state index < -0.39 is 0 Å². The molecular weight excluding hydrogens is 434 g/mol. The highest BCUT2D eigenvalue weighted by Crippen LogP contribution is 2.46. The van der Waals surface area contributed by atoms with Gasteiger partial charge in [-0.1, -0.05) is 17.7 Å². The molecule has 0 amide bonds. The average Bonchev–Trinajstić information content (AvgIpc) is 3.29. The van der Waals surface area contributed by atoms with Crippen molar-refractivity contribution in [2.24, 2.45) is 11.8 Å². The van der Waals surface area contributed by atoms with Crippen molar-refractivity contribution >= 4 is 35.4 Å². The molecule has 2 aliphatic carbocycles. The number of H-pyrrole nitrogens is 1. The first kappa shape index (κ1) is 25.8. The number of aromatic amines is 1. The van der Waals surface area contributed by atoms with Gasteiger partial charge in [0.1, 0.15) is 0 Å². The maximum atomic E-state index is 12.5. The Hall–Kier alpha value is -2.42. The molecule has 2 saturated carbocycles. The Labute approximate surface area is 192 Å². The number of fused-ring (bicyclic) bond motifs is 2. The molecule has 32 heavy (non-hydrogen) atoms. The summed E-state index contributed by atoms with van der Waals surface area (Å²) in [5.74, 6) is 1.71. The minimum absolute atomic E-state index is 0.00233. The van der Waals surface area contributed by atoms with Crippen LogP contribution in [0.4, 0.5) is 0 Å².